The molecular formula is C17H24N4O4S. The Labute approximate surface area is 153 Å². The Kier molecular flexibility index (Phi) is 6.90. The molecule has 0 saturated heterocycles. The number of hydrogen-bond donors (Lipinski definition) is 4. The third-order valence-electron chi connectivity index (χ3n) is 3.86. The first-order valence-electron chi connectivity index (χ1n) is 8.34. The molecule has 2 rings (SSSR count). The van der Waals surface area contributed by atoms with Gasteiger partial charge in [0.15, 0.2) is 0 Å². The van der Waals surface area contributed by atoms with Gasteiger partial charge in [0, 0.05) is 25.7 Å². The lowest BCUT2D eigenvalue weighted by atomic mass is 10.1. The summed E-state index contributed by atoms with van der Waals surface area (Å²) in [6, 6.07) is 4.82. The zero-order valence-electron chi connectivity index (χ0n) is 14.8. The summed E-state index contributed by atoms with van der Waals surface area (Å²) in [6.07, 6.45) is 2.89. The molecule has 142 valence electrons. The summed E-state index contributed by atoms with van der Waals surface area (Å²) in [5, 5.41) is 8.49. The van der Waals surface area contributed by atoms with Crippen LogP contribution in [-0.2, 0) is 19.6 Å². The van der Waals surface area contributed by atoms with Gasteiger partial charge in [-0.05, 0) is 44.2 Å². The van der Waals surface area contributed by atoms with Gasteiger partial charge in [-0.15, -0.1) is 0 Å². The summed E-state index contributed by atoms with van der Waals surface area (Å²) >= 11 is 0. The topological polar surface area (TPSA) is 116 Å². The minimum Gasteiger partial charge on any atom is -0.351 e. The maximum Gasteiger partial charge on any atom is 0.241 e. The van der Waals surface area contributed by atoms with E-state index in [0.717, 1.165) is 25.1 Å². The Morgan fingerprint density at radius 3 is 2.50 bits per heavy atom. The molecule has 0 fully saturated rings. The number of benzene rings is 1. The fourth-order valence-corrected chi connectivity index (χ4v) is 3.66. The van der Waals surface area contributed by atoms with Crippen LogP contribution in [0.2, 0.25) is 0 Å². The Bertz CT molecular complexity index is 787. The highest BCUT2D eigenvalue weighted by molar-refractivity contribution is 7.89. The molecule has 1 atom stereocenters. The van der Waals surface area contributed by atoms with E-state index < -0.39 is 16.1 Å². The molecule has 0 bridgehead atoms. The summed E-state index contributed by atoms with van der Waals surface area (Å²) in [5.74, 6) is -0.629. The van der Waals surface area contributed by atoms with Crippen LogP contribution in [0.5, 0.6) is 0 Å². The molecule has 0 spiro atoms. The average molecular weight is 380 g/mol. The Hall–Kier alpha value is -2.23. The molecule has 8 nitrogen and oxygen atoms in total. The Balaban J connectivity index is 1.93. The van der Waals surface area contributed by atoms with Crippen molar-refractivity contribution in [1.82, 2.24) is 15.4 Å². The third-order valence-corrected chi connectivity index (χ3v) is 5.41. The van der Waals surface area contributed by atoms with Crippen molar-refractivity contribution in [2.75, 3.05) is 25.0 Å². The van der Waals surface area contributed by atoms with Crippen LogP contribution in [-0.4, -0.2) is 45.9 Å². The van der Waals surface area contributed by atoms with Crippen molar-refractivity contribution in [2.45, 2.75) is 31.2 Å². The fraction of sp³-hybridized carbons (Fsp3) is 0.412. The molecule has 26 heavy (non-hydrogen) atoms. The molecule has 1 aliphatic rings. The van der Waals surface area contributed by atoms with Crippen molar-refractivity contribution >= 4 is 27.5 Å². The van der Waals surface area contributed by atoms with Crippen molar-refractivity contribution in [1.29, 1.82) is 0 Å². The van der Waals surface area contributed by atoms with Gasteiger partial charge < -0.3 is 16.0 Å². The molecule has 2 amide bonds. The molecular weight excluding hydrogens is 356 g/mol. The monoisotopic (exact) mass is 380 g/mol. The van der Waals surface area contributed by atoms with Gasteiger partial charge in [0.05, 0.1) is 10.9 Å². The van der Waals surface area contributed by atoms with Gasteiger partial charge in [-0.2, -0.15) is 4.72 Å². The lowest BCUT2D eigenvalue weighted by Gasteiger charge is -2.17. The van der Waals surface area contributed by atoms with Gasteiger partial charge in [0.1, 0.15) is 0 Å². The van der Waals surface area contributed by atoms with Crippen molar-refractivity contribution < 1.29 is 18.0 Å². The smallest absolute Gasteiger partial charge is 0.241 e. The fourth-order valence-electron chi connectivity index (χ4n) is 2.46. The lowest BCUT2D eigenvalue weighted by molar-refractivity contribution is -0.122. The quantitative estimate of drug-likeness (QED) is 0.509. The largest absolute Gasteiger partial charge is 0.351 e. The molecule has 0 radical (unpaired) electrons. The van der Waals surface area contributed by atoms with E-state index in [1.54, 1.807) is 0 Å². The minimum atomic E-state index is -3.84. The summed E-state index contributed by atoms with van der Waals surface area (Å²) in [6.45, 7) is 4.93. The zero-order valence-corrected chi connectivity index (χ0v) is 15.7. The van der Waals surface area contributed by atoms with Crippen molar-refractivity contribution in [3.8, 4) is 0 Å². The number of rotatable bonds is 7. The van der Waals surface area contributed by atoms with Gasteiger partial charge in [0.2, 0.25) is 21.8 Å². The number of sulfonamides is 1. The van der Waals surface area contributed by atoms with Crippen LogP contribution in [0.15, 0.2) is 40.8 Å². The van der Waals surface area contributed by atoms with Crippen molar-refractivity contribution in [3.05, 3.63) is 35.9 Å². The molecule has 0 aliphatic carbocycles. The molecule has 0 aromatic heterocycles. The van der Waals surface area contributed by atoms with Gasteiger partial charge in [-0.1, -0.05) is 11.6 Å². The summed E-state index contributed by atoms with van der Waals surface area (Å²) < 4.78 is 27.1. The predicted octanol–water partition coefficient (Wildman–Crippen LogP) is 0.348. The summed E-state index contributed by atoms with van der Waals surface area (Å²) in [7, 11) is -3.84. The van der Waals surface area contributed by atoms with Gasteiger partial charge in [-0.25, -0.2) is 8.42 Å². The van der Waals surface area contributed by atoms with Crippen LogP contribution in [0.4, 0.5) is 5.69 Å². The van der Waals surface area contributed by atoms with E-state index in [-0.39, 0.29) is 16.7 Å². The molecule has 4 N–H and O–H groups in total. The SMILES string of the molecule is CC(=O)Nc1ccc(S(=O)(=O)NC(C)C(=O)NCC2=CCNCC2)cc1. The van der Waals surface area contributed by atoms with E-state index in [4.69, 9.17) is 0 Å². The van der Waals surface area contributed by atoms with E-state index >= 15 is 0 Å². The second kappa shape index (κ2) is 8.93. The number of carbonyl (C=O) groups is 2. The van der Waals surface area contributed by atoms with E-state index in [1.807, 2.05) is 6.08 Å². The van der Waals surface area contributed by atoms with E-state index in [1.165, 1.54) is 38.1 Å². The van der Waals surface area contributed by atoms with Gasteiger partial charge in [-0.3, -0.25) is 9.59 Å². The number of carbonyl (C=O) groups excluding carboxylic acids is 2. The van der Waals surface area contributed by atoms with E-state index in [0.29, 0.717) is 12.2 Å². The zero-order chi connectivity index (χ0) is 19.2. The molecule has 1 aromatic carbocycles. The molecule has 1 aliphatic heterocycles. The van der Waals surface area contributed by atoms with E-state index in [9.17, 15) is 18.0 Å². The first-order chi connectivity index (χ1) is 12.3. The van der Waals surface area contributed by atoms with E-state index in [2.05, 4.69) is 20.7 Å². The maximum atomic E-state index is 12.4. The lowest BCUT2D eigenvalue weighted by Crippen LogP contribution is -2.45. The van der Waals surface area contributed by atoms with Crippen LogP contribution in [0.25, 0.3) is 0 Å². The Morgan fingerprint density at radius 1 is 1.23 bits per heavy atom. The maximum absolute atomic E-state index is 12.4. The second-order valence-electron chi connectivity index (χ2n) is 6.08. The highest BCUT2D eigenvalue weighted by atomic mass is 32.2. The standard InChI is InChI=1S/C17H24N4O4S/c1-12(17(23)19-11-14-7-9-18-10-8-14)21-26(24,25)16-5-3-15(4-6-16)20-13(2)22/h3-7,12,18,21H,8-11H2,1-2H3,(H,19,23)(H,20,22). The first kappa shape index (κ1) is 20.1. The number of amides is 2. The number of anilines is 1. The summed E-state index contributed by atoms with van der Waals surface area (Å²) in [5.41, 5.74) is 1.62. The second-order valence-corrected chi connectivity index (χ2v) is 7.80. The summed E-state index contributed by atoms with van der Waals surface area (Å²) in [4.78, 5) is 23.2. The predicted molar refractivity (Wildman–Crippen MR) is 99.1 cm³/mol. The molecule has 1 aromatic rings. The van der Waals surface area contributed by atoms with Crippen molar-refractivity contribution in [3.63, 3.8) is 0 Å². The van der Waals surface area contributed by atoms with Crippen LogP contribution in [0.1, 0.15) is 20.3 Å². The highest BCUT2D eigenvalue weighted by Gasteiger charge is 2.22. The van der Waals surface area contributed by atoms with Gasteiger partial charge in [0.25, 0.3) is 0 Å². The molecule has 1 unspecified atom stereocenters. The van der Waals surface area contributed by atoms with Crippen LogP contribution < -0.4 is 20.7 Å². The minimum absolute atomic E-state index is 0.0207. The average Bonchev–Trinajstić information content (AvgIpc) is 2.60. The molecule has 1 heterocycles. The van der Waals surface area contributed by atoms with Crippen LogP contribution in [0, 0.1) is 0 Å². The number of nitrogens with one attached hydrogen (secondary N) is 4. The van der Waals surface area contributed by atoms with Crippen LogP contribution in [0.3, 0.4) is 0 Å². The number of hydrogen-bond acceptors (Lipinski definition) is 5. The highest BCUT2D eigenvalue weighted by Crippen LogP contribution is 2.14. The Morgan fingerprint density at radius 2 is 1.92 bits per heavy atom. The van der Waals surface area contributed by atoms with Crippen LogP contribution >= 0.6 is 0 Å². The normalized spacial score (nSPS) is 15.7. The molecule has 9 heteroatoms. The van der Waals surface area contributed by atoms with Crippen molar-refractivity contribution in [2.24, 2.45) is 0 Å². The third kappa shape index (κ3) is 5.94. The first-order valence-corrected chi connectivity index (χ1v) is 9.82. The molecule has 0 saturated carbocycles. The van der Waals surface area contributed by atoms with Gasteiger partial charge >= 0.3 is 0 Å².